The van der Waals surface area contributed by atoms with Gasteiger partial charge in [-0.15, -0.1) is 0 Å². The van der Waals surface area contributed by atoms with Gasteiger partial charge in [0.05, 0.1) is 0 Å². The molecule has 4 saturated carbocycles. The summed E-state index contributed by atoms with van der Waals surface area (Å²) in [7, 11) is 0. The number of hydrogen-bond donors (Lipinski definition) is 1. The van der Waals surface area contributed by atoms with Crippen molar-refractivity contribution in [3.8, 4) is 0 Å². The first-order valence-corrected chi connectivity index (χ1v) is 12.1. The Morgan fingerprint density at radius 2 is 1.77 bits per heavy atom. The van der Waals surface area contributed by atoms with Crippen molar-refractivity contribution in [1.29, 1.82) is 0 Å². The maximum absolute atomic E-state index is 10.2. The Labute approximate surface area is 162 Å². The maximum atomic E-state index is 10.2. The Kier molecular flexibility index (Phi) is 5.26. The maximum Gasteiger partial charge on any atom is 0.0462 e. The van der Waals surface area contributed by atoms with Crippen LogP contribution in [0.1, 0.15) is 98.3 Å². The highest BCUT2D eigenvalue weighted by Crippen LogP contribution is 2.69. The summed E-state index contributed by atoms with van der Waals surface area (Å²) in [6.07, 6.45) is 15.9. The summed E-state index contributed by atoms with van der Waals surface area (Å²) in [5, 5.41) is 10.2. The average molecular weight is 361 g/mol. The second-order valence-corrected chi connectivity index (χ2v) is 11.4. The lowest BCUT2D eigenvalue weighted by atomic mass is 9.44. The van der Waals surface area contributed by atoms with E-state index in [1.807, 2.05) is 0 Å². The second kappa shape index (κ2) is 7.09. The molecule has 0 bridgehead atoms. The molecule has 0 saturated heterocycles. The zero-order chi connectivity index (χ0) is 18.5. The molecule has 0 heterocycles. The van der Waals surface area contributed by atoms with E-state index in [1.165, 1.54) is 70.6 Å². The molecule has 1 nitrogen and oxygen atoms in total. The van der Waals surface area contributed by atoms with Crippen LogP contribution >= 0.6 is 0 Å². The van der Waals surface area contributed by atoms with Crippen molar-refractivity contribution in [2.45, 2.75) is 98.3 Å². The van der Waals surface area contributed by atoms with Gasteiger partial charge >= 0.3 is 0 Å². The molecule has 2 unspecified atom stereocenters. The van der Waals surface area contributed by atoms with E-state index in [4.69, 9.17) is 0 Å². The molecule has 4 fully saturated rings. The van der Waals surface area contributed by atoms with Crippen LogP contribution in [0, 0.1) is 52.3 Å². The molecule has 0 radical (unpaired) electrons. The molecule has 150 valence electrons. The van der Waals surface area contributed by atoms with Gasteiger partial charge in [0.1, 0.15) is 0 Å². The second-order valence-electron chi connectivity index (χ2n) is 11.4. The molecule has 1 heteroatoms. The first-order chi connectivity index (χ1) is 12.5. The Morgan fingerprint density at radius 1 is 0.962 bits per heavy atom. The molecule has 0 aliphatic heterocycles. The van der Waals surface area contributed by atoms with Crippen LogP contribution in [-0.2, 0) is 0 Å². The fraction of sp³-hybridized carbons (Fsp3) is 1.00. The van der Waals surface area contributed by atoms with E-state index in [9.17, 15) is 5.11 Å². The highest BCUT2D eigenvalue weighted by molar-refractivity contribution is 5.11. The van der Waals surface area contributed by atoms with E-state index in [2.05, 4.69) is 27.7 Å². The molecule has 4 aliphatic rings. The van der Waals surface area contributed by atoms with Crippen LogP contribution in [-0.4, -0.2) is 11.7 Å². The smallest absolute Gasteiger partial charge is 0.0462 e. The summed E-state index contributed by atoms with van der Waals surface area (Å²) in [5.41, 5.74) is 1.14. The summed E-state index contributed by atoms with van der Waals surface area (Å²) < 4.78 is 0. The highest BCUT2D eigenvalue weighted by Gasteiger charge is 2.62. The lowest BCUT2D eigenvalue weighted by Crippen LogP contribution is -2.53. The zero-order valence-electron chi connectivity index (χ0n) is 18.0. The number of rotatable bonds is 4. The van der Waals surface area contributed by atoms with Crippen molar-refractivity contribution in [2.24, 2.45) is 52.3 Å². The minimum atomic E-state index is 0.433. The Bertz CT molecular complexity index is 500. The fourth-order valence-electron chi connectivity index (χ4n) is 9.45. The zero-order valence-corrected chi connectivity index (χ0v) is 18.0. The van der Waals surface area contributed by atoms with Crippen LogP contribution < -0.4 is 0 Å². The van der Waals surface area contributed by atoms with Gasteiger partial charge < -0.3 is 5.11 Å². The van der Waals surface area contributed by atoms with Gasteiger partial charge in [0.15, 0.2) is 0 Å². The van der Waals surface area contributed by atoms with Crippen molar-refractivity contribution in [1.82, 2.24) is 0 Å². The van der Waals surface area contributed by atoms with E-state index < -0.39 is 0 Å². The summed E-state index contributed by atoms with van der Waals surface area (Å²) in [6, 6.07) is 0. The van der Waals surface area contributed by atoms with E-state index in [0.717, 1.165) is 35.5 Å². The molecule has 4 aliphatic carbocycles. The number of fused-ring (bicyclic) bond motifs is 5. The van der Waals surface area contributed by atoms with E-state index in [-0.39, 0.29) is 0 Å². The first-order valence-electron chi connectivity index (χ1n) is 12.1. The predicted octanol–water partition coefficient (Wildman–Crippen LogP) is 6.69. The lowest BCUT2D eigenvalue weighted by Gasteiger charge is -2.61. The molecule has 0 aromatic carbocycles. The van der Waals surface area contributed by atoms with Crippen LogP contribution in [0.2, 0.25) is 0 Å². The summed E-state index contributed by atoms with van der Waals surface area (Å²) >= 11 is 0. The van der Waals surface area contributed by atoms with Crippen LogP contribution in [0.25, 0.3) is 0 Å². The minimum absolute atomic E-state index is 0.433. The third kappa shape index (κ3) is 2.73. The molecular formula is C25H44O. The lowest BCUT2D eigenvalue weighted by molar-refractivity contribution is -0.115. The van der Waals surface area contributed by atoms with Crippen LogP contribution in [0.5, 0.6) is 0 Å². The molecule has 9 atom stereocenters. The number of aliphatic hydroxyl groups excluding tert-OH is 1. The fourth-order valence-corrected chi connectivity index (χ4v) is 9.45. The van der Waals surface area contributed by atoms with Crippen molar-refractivity contribution >= 4 is 0 Å². The number of aliphatic hydroxyl groups is 1. The summed E-state index contributed by atoms with van der Waals surface area (Å²) in [6.45, 7) is 10.6. The minimum Gasteiger partial charge on any atom is -0.396 e. The normalized spacial score (nSPS) is 52.0. The first kappa shape index (κ1) is 19.3. The molecule has 0 amide bonds. The molecule has 1 N–H and O–H groups in total. The molecule has 0 spiro atoms. The summed E-state index contributed by atoms with van der Waals surface area (Å²) in [4.78, 5) is 0. The molecule has 26 heavy (non-hydrogen) atoms. The molecular weight excluding hydrogens is 316 g/mol. The third-order valence-corrected chi connectivity index (χ3v) is 10.4. The SMILES string of the molecule is CCC[C@@H](C)[C@H]1C(CO)C[C@H]2[C@@H]3CCC4CCCC[C@]4(C)[C@H]3CC[C@]12C. The van der Waals surface area contributed by atoms with Crippen molar-refractivity contribution < 1.29 is 5.11 Å². The van der Waals surface area contributed by atoms with Crippen LogP contribution in [0.4, 0.5) is 0 Å². The van der Waals surface area contributed by atoms with E-state index in [0.29, 0.717) is 23.4 Å². The largest absolute Gasteiger partial charge is 0.396 e. The van der Waals surface area contributed by atoms with Gasteiger partial charge in [-0.3, -0.25) is 0 Å². The van der Waals surface area contributed by atoms with Gasteiger partial charge in [0.25, 0.3) is 0 Å². The quantitative estimate of drug-likeness (QED) is 0.592. The third-order valence-electron chi connectivity index (χ3n) is 10.4. The van der Waals surface area contributed by atoms with Gasteiger partial charge in [0, 0.05) is 6.61 Å². The van der Waals surface area contributed by atoms with Crippen molar-refractivity contribution in [2.75, 3.05) is 6.61 Å². The van der Waals surface area contributed by atoms with Gasteiger partial charge in [-0.05, 0) is 97.2 Å². The topological polar surface area (TPSA) is 20.2 Å². The average Bonchev–Trinajstić information content (AvgIpc) is 2.94. The summed E-state index contributed by atoms with van der Waals surface area (Å²) in [5.74, 6) is 5.97. The molecule has 4 rings (SSSR count). The van der Waals surface area contributed by atoms with E-state index >= 15 is 0 Å². The van der Waals surface area contributed by atoms with Gasteiger partial charge in [0.2, 0.25) is 0 Å². The standard InChI is InChI=1S/C25H44O/c1-5-8-17(2)23-18(16-26)15-22-20-11-10-19-9-6-7-13-24(19,3)21(20)12-14-25(22,23)4/h17-23,26H,5-16H2,1-4H3/t17-,18?,19?,20-,21+,22+,23+,24+,25+/m1/s1. The van der Waals surface area contributed by atoms with Crippen LogP contribution in [0.15, 0.2) is 0 Å². The van der Waals surface area contributed by atoms with Gasteiger partial charge in [-0.2, -0.15) is 0 Å². The molecule has 0 aromatic heterocycles. The number of hydrogen-bond acceptors (Lipinski definition) is 1. The Morgan fingerprint density at radius 3 is 2.50 bits per heavy atom. The predicted molar refractivity (Wildman–Crippen MR) is 110 cm³/mol. The highest BCUT2D eigenvalue weighted by atomic mass is 16.3. The van der Waals surface area contributed by atoms with E-state index in [1.54, 1.807) is 0 Å². The van der Waals surface area contributed by atoms with Gasteiger partial charge in [-0.1, -0.05) is 53.4 Å². The Balaban J connectivity index is 1.62. The molecule has 0 aromatic rings. The van der Waals surface area contributed by atoms with Crippen molar-refractivity contribution in [3.05, 3.63) is 0 Å². The Hall–Kier alpha value is -0.0400. The monoisotopic (exact) mass is 360 g/mol. The van der Waals surface area contributed by atoms with Crippen LogP contribution in [0.3, 0.4) is 0 Å². The van der Waals surface area contributed by atoms with Gasteiger partial charge in [-0.25, -0.2) is 0 Å². The van der Waals surface area contributed by atoms with Crippen molar-refractivity contribution in [3.63, 3.8) is 0 Å².